The van der Waals surface area contributed by atoms with Gasteiger partial charge in [0, 0.05) is 24.8 Å². The number of hydrogen-bond donors (Lipinski definition) is 1. The molecule has 2 unspecified atom stereocenters. The van der Waals surface area contributed by atoms with Crippen LogP contribution in [0.15, 0.2) is 18.2 Å². The Balaban J connectivity index is 1.82. The molecule has 1 aliphatic carbocycles. The Hall–Kier alpha value is -1.09. The molecule has 2 aliphatic rings. The van der Waals surface area contributed by atoms with E-state index in [2.05, 4.69) is 17.1 Å². The largest absolute Gasteiger partial charge is 0.368 e. The molecule has 0 aromatic heterocycles. The minimum atomic E-state index is -0.118. The number of piperidine rings is 1. The highest BCUT2D eigenvalue weighted by molar-refractivity contribution is 5.55. The summed E-state index contributed by atoms with van der Waals surface area (Å²) in [7, 11) is 0. The summed E-state index contributed by atoms with van der Waals surface area (Å²) in [5, 5.41) is 3.42. The number of benzene rings is 1. The normalized spacial score (nSPS) is 25.1. The fourth-order valence-electron chi connectivity index (χ4n) is 4.13. The first kappa shape index (κ1) is 14.8. The summed E-state index contributed by atoms with van der Waals surface area (Å²) in [5.41, 5.74) is 2.38. The number of nitrogens with one attached hydrogen (secondary N) is 1. The van der Waals surface area contributed by atoms with Crippen LogP contribution >= 0.6 is 0 Å². The molecule has 3 heteroatoms. The van der Waals surface area contributed by atoms with Crippen molar-refractivity contribution in [3.63, 3.8) is 0 Å². The first-order valence-electron chi connectivity index (χ1n) is 8.55. The van der Waals surface area contributed by atoms with E-state index in [-0.39, 0.29) is 5.82 Å². The van der Waals surface area contributed by atoms with Crippen LogP contribution in [0.4, 0.5) is 10.1 Å². The van der Waals surface area contributed by atoms with Gasteiger partial charge in [-0.15, -0.1) is 0 Å². The van der Waals surface area contributed by atoms with Crippen LogP contribution in [0.5, 0.6) is 0 Å². The topological polar surface area (TPSA) is 15.3 Å². The van der Waals surface area contributed by atoms with Crippen LogP contribution in [0.1, 0.15) is 51.0 Å². The lowest BCUT2D eigenvalue weighted by Gasteiger charge is -2.40. The molecular weight excluding hydrogens is 263 g/mol. The van der Waals surface area contributed by atoms with Gasteiger partial charge >= 0.3 is 0 Å². The van der Waals surface area contributed by atoms with Gasteiger partial charge in [0.1, 0.15) is 5.82 Å². The van der Waals surface area contributed by atoms with Gasteiger partial charge < -0.3 is 10.2 Å². The minimum absolute atomic E-state index is 0.118. The number of halogens is 1. The molecule has 0 spiro atoms. The monoisotopic (exact) mass is 290 g/mol. The summed E-state index contributed by atoms with van der Waals surface area (Å²) in [5.74, 6) is 0.743. The summed E-state index contributed by atoms with van der Waals surface area (Å²) in [6, 6.07) is 6.03. The van der Waals surface area contributed by atoms with E-state index in [1.54, 1.807) is 12.1 Å². The van der Waals surface area contributed by atoms with E-state index < -0.39 is 0 Å². The summed E-state index contributed by atoms with van der Waals surface area (Å²) in [6.45, 7) is 5.05. The highest BCUT2D eigenvalue weighted by Gasteiger charge is 2.35. The van der Waals surface area contributed by atoms with Crippen LogP contribution in [0.3, 0.4) is 0 Å². The van der Waals surface area contributed by atoms with Crippen molar-refractivity contribution in [2.75, 3.05) is 18.0 Å². The van der Waals surface area contributed by atoms with Crippen LogP contribution in [0.2, 0.25) is 0 Å². The maximum atomic E-state index is 13.6. The summed E-state index contributed by atoms with van der Waals surface area (Å²) < 4.78 is 13.6. The molecule has 2 atom stereocenters. The molecule has 1 heterocycles. The first-order valence-corrected chi connectivity index (χ1v) is 8.55. The molecule has 21 heavy (non-hydrogen) atoms. The molecule has 1 N–H and O–H groups in total. The van der Waals surface area contributed by atoms with E-state index in [4.69, 9.17) is 0 Å². The van der Waals surface area contributed by atoms with Crippen LogP contribution in [0, 0.1) is 11.7 Å². The lowest BCUT2D eigenvalue weighted by atomic mass is 9.91. The predicted molar refractivity (Wildman–Crippen MR) is 86.1 cm³/mol. The Bertz CT molecular complexity index is 474. The molecule has 3 rings (SSSR count). The summed E-state index contributed by atoms with van der Waals surface area (Å²) >= 11 is 0. The number of nitrogens with zero attached hydrogens (tertiary/aromatic N) is 1. The van der Waals surface area contributed by atoms with Crippen molar-refractivity contribution >= 4 is 5.69 Å². The van der Waals surface area contributed by atoms with Gasteiger partial charge in [0.05, 0.1) is 0 Å². The Morgan fingerprint density at radius 2 is 2.10 bits per heavy atom. The zero-order chi connectivity index (χ0) is 14.7. The third-order valence-electron chi connectivity index (χ3n) is 5.09. The molecule has 0 bridgehead atoms. The molecule has 1 saturated carbocycles. The number of hydrogen-bond acceptors (Lipinski definition) is 2. The Labute approximate surface area is 127 Å². The van der Waals surface area contributed by atoms with Gasteiger partial charge in [0.25, 0.3) is 0 Å². The van der Waals surface area contributed by atoms with Gasteiger partial charge in [0.2, 0.25) is 0 Å². The molecule has 1 aromatic carbocycles. The second-order valence-corrected chi connectivity index (χ2v) is 6.54. The van der Waals surface area contributed by atoms with Crippen LogP contribution in [-0.4, -0.2) is 19.1 Å². The third-order valence-corrected chi connectivity index (χ3v) is 5.09. The zero-order valence-electron chi connectivity index (χ0n) is 13.1. The highest BCUT2D eigenvalue weighted by atomic mass is 19.1. The second kappa shape index (κ2) is 6.78. The van der Waals surface area contributed by atoms with Gasteiger partial charge in [-0.25, -0.2) is 4.39 Å². The SMILES string of the molecule is CCCNCc1cc(F)ccc1N1CCCC2CCCC21. The standard InChI is InChI=1S/C18H27FN2/c1-2-10-20-13-15-12-16(19)8-9-18(15)21-11-4-6-14-5-3-7-17(14)21/h8-9,12,14,17,20H,2-7,10-11,13H2,1H3. The van der Waals surface area contributed by atoms with Crippen molar-refractivity contribution < 1.29 is 4.39 Å². The van der Waals surface area contributed by atoms with E-state index >= 15 is 0 Å². The van der Waals surface area contributed by atoms with Crippen molar-refractivity contribution in [3.05, 3.63) is 29.6 Å². The fourth-order valence-corrected chi connectivity index (χ4v) is 4.13. The summed E-state index contributed by atoms with van der Waals surface area (Å²) in [6.07, 6.45) is 7.82. The van der Waals surface area contributed by atoms with Gasteiger partial charge in [-0.05, 0) is 68.3 Å². The number of fused-ring (bicyclic) bond motifs is 1. The zero-order valence-corrected chi connectivity index (χ0v) is 13.1. The van der Waals surface area contributed by atoms with Gasteiger partial charge in [-0.1, -0.05) is 13.3 Å². The van der Waals surface area contributed by atoms with Crippen molar-refractivity contribution in [3.8, 4) is 0 Å². The Morgan fingerprint density at radius 1 is 1.24 bits per heavy atom. The van der Waals surface area contributed by atoms with Crippen LogP contribution < -0.4 is 10.2 Å². The van der Waals surface area contributed by atoms with E-state index in [0.29, 0.717) is 6.04 Å². The van der Waals surface area contributed by atoms with Crippen molar-refractivity contribution in [2.45, 2.75) is 58.0 Å². The molecule has 0 radical (unpaired) electrons. The molecule has 1 aliphatic heterocycles. The fraction of sp³-hybridized carbons (Fsp3) is 0.667. The maximum Gasteiger partial charge on any atom is 0.123 e. The van der Waals surface area contributed by atoms with E-state index in [0.717, 1.165) is 37.5 Å². The molecule has 0 amide bonds. The lowest BCUT2D eigenvalue weighted by Crippen LogP contribution is -2.43. The molecule has 2 nitrogen and oxygen atoms in total. The van der Waals surface area contributed by atoms with Crippen molar-refractivity contribution in [2.24, 2.45) is 5.92 Å². The maximum absolute atomic E-state index is 13.6. The molecular formula is C18H27FN2. The summed E-state index contributed by atoms with van der Waals surface area (Å²) in [4.78, 5) is 2.57. The molecule has 1 saturated heterocycles. The van der Waals surface area contributed by atoms with E-state index in [9.17, 15) is 4.39 Å². The molecule has 1 aromatic rings. The Morgan fingerprint density at radius 3 is 2.95 bits per heavy atom. The quantitative estimate of drug-likeness (QED) is 0.822. The average Bonchev–Trinajstić information content (AvgIpc) is 2.96. The van der Waals surface area contributed by atoms with Crippen LogP contribution in [0.25, 0.3) is 0 Å². The average molecular weight is 290 g/mol. The van der Waals surface area contributed by atoms with E-state index in [1.807, 2.05) is 6.07 Å². The highest BCUT2D eigenvalue weighted by Crippen LogP contribution is 2.40. The van der Waals surface area contributed by atoms with E-state index in [1.165, 1.54) is 37.8 Å². The molecule has 116 valence electrons. The number of rotatable bonds is 5. The van der Waals surface area contributed by atoms with Gasteiger partial charge in [-0.2, -0.15) is 0 Å². The predicted octanol–water partition coefficient (Wildman–Crippen LogP) is 4.09. The second-order valence-electron chi connectivity index (χ2n) is 6.54. The van der Waals surface area contributed by atoms with Crippen molar-refractivity contribution in [1.29, 1.82) is 0 Å². The van der Waals surface area contributed by atoms with Crippen molar-refractivity contribution in [1.82, 2.24) is 5.32 Å². The lowest BCUT2D eigenvalue weighted by molar-refractivity contribution is 0.361. The smallest absolute Gasteiger partial charge is 0.123 e. The minimum Gasteiger partial charge on any atom is -0.368 e. The molecule has 2 fully saturated rings. The van der Waals surface area contributed by atoms with Crippen LogP contribution in [-0.2, 0) is 6.54 Å². The Kier molecular flexibility index (Phi) is 4.79. The van der Waals surface area contributed by atoms with Gasteiger partial charge in [-0.3, -0.25) is 0 Å². The number of anilines is 1. The third kappa shape index (κ3) is 3.23. The first-order chi connectivity index (χ1) is 10.3. The van der Waals surface area contributed by atoms with Gasteiger partial charge in [0.15, 0.2) is 0 Å².